The zero-order chi connectivity index (χ0) is 12.4. The van der Waals surface area contributed by atoms with Crippen molar-refractivity contribution in [3.8, 4) is 0 Å². The maximum Gasteiger partial charge on any atom is 0.188 e. The Morgan fingerprint density at radius 1 is 1.35 bits per heavy atom. The van der Waals surface area contributed by atoms with Crippen LogP contribution < -0.4 is 0 Å². The van der Waals surface area contributed by atoms with Gasteiger partial charge in [-0.1, -0.05) is 6.07 Å². The van der Waals surface area contributed by atoms with E-state index >= 15 is 0 Å². The molecule has 0 aliphatic rings. The van der Waals surface area contributed by atoms with Crippen molar-refractivity contribution in [3.63, 3.8) is 0 Å². The summed E-state index contributed by atoms with van der Waals surface area (Å²) in [5, 5.41) is 2.81. The normalized spacial score (nSPS) is 10.5. The first-order valence-corrected chi connectivity index (χ1v) is 6.31. The summed E-state index contributed by atoms with van der Waals surface area (Å²) in [6, 6.07) is 1.98. The molecule has 2 rings (SSSR count). The Balaban J connectivity index is 2.20. The van der Waals surface area contributed by atoms with Gasteiger partial charge < -0.3 is 0 Å². The topological polar surface area (TPSA) is 42.9 Å². The van der Waals surface area contributed by atoms with E-state index in [1.54, 1.807) is 6.20 Å². The molecule has 88 valence electrons. The fourth-order valence-corrected chi connectivity index (χ4v) is 2.48. The summed E-state index contributed by atoms with van der Waals surface area (Å²) < 4.78 is 0. The molecule has 17 heavy (non-hydrogen) atoms. The Hall–Kier alpha value is -1.55. The second-order valence-electron chi connectivity index (χ2n) is 4.16. The number of hydrogen-bond donors (Lipinski definition) is 0. The Morgan fingerprint density at radius 2 is 2.12 bits per heavy atom. The largest absolute Gasteiger partial charge is 0.292 e. The molecule has 0 atom stereocenters. The van der Waals surface area contributed by atoms with E-state index in [2.05, 4.69) is 9.97 Å². The number of aryl methyl sites for hydroxylation is 3. The second kappa shape index (κ2) is 4.75. The fraction of sp³-hybridized carbons (Fsp3) is 0.308. The standard InChI is InChI=1S/C13H14N2OS/c1-8-4-9(2)13(14-6-8)11(16)5-12-15-10(3)7-17-12/h4,6-7H,5H2,1-3H3. The van der Waals surface area contributed by atoms with Gasteiger partial charge in [-0.15, -0.1) is 11.3 Å². The number of aromatic nitrogens is 2. The number of thiazole rings is 1. The van der Waals surface area contributed by atoms with E-state index in [4.69, 9.17) is 0 Å². The van der Waals surface area contributed by atoms with Crippen LogP contribution in [0.1, 0.15) is 32.3 Å². The highest BCUT2D eigenvalue weighted by Gasteiger charge is 2.13. The van der Waals surface area contributed by atoms with Crippen molar-refractivity contribution < 1.29 is 4.79 Å². The molecule has 0 fully saturated rings. The first kappa shape index (κ1) is 11.9. The molecule has 2 heterocycles. The predicted octanol–water partition coefficient (Wildman–Crippen LogP) is 2.89. The quantitative estimate of drug-likeness (QED) is 0.782. The number of hydrogen-bond acceptors (Lipinski definition) is 4. The molecular weight excluding hydrogens is 232 g/mol. The zero-order valence-corrected chi connectivity index (χ0v) is 11.0. The van der Waals surface area contributed by atoms with E-state index in [1.165, 1.54) is 11.3 Å². The molecule has 0 bridgehead atoms. The Morgan fingerprint density at radius 3 is 2.71 bits per heavy atom. The number of carbonyl (C=O) groups excluding carboxylic acids is 1. The molecule has 0 aliphatic carbocycles. The highest BCUT2D eigenvalue weighted by atomic mass is 32.1. The molecule has 4 heteroatoms. The van der Waals surface area contributed by atoms with Crippen LogP contribution in [0.2, 0.25) is 0 Å². The second-order valence-corrected chi connectivity index (χ2v) is 5.10. The van der Waals surface area contributed by atoms with Gasteiger partial charge in [0, 0.05) is 17.3 Å². The van der Waals surface area contributed by atoms with Gasteiger partial charge in [-0.25, -0.2) is 4.98 Å². The van der Waals surface area contributed by atoms with Gasteiger partial charge >= 0.3 is 0 Å². The maximum atomic E-state index is 12.1. The van der Waals surface area contributed by atoms with Gasteiger partial charge in [-0.2, -0.15) is 0 Å². The molecule has 0 N–H and O–H groups in total. The minimum atomic E-state index is 0.0388. The van der Waals surface area contributed by atoms with E-state index in [0.717, 1.165) is 21.8 Å². The van der Waals surface area contributed by atoms with Crippen molar-refractivity contribution >= 4 is 17.1 Å². The van der Waals surface area contributed by atoms with Crippen molar-refractivity contribution in [3.05, 3.63) is 45.2 Å². The molecule has 0 aliphatic heterocycles. The van der Waals surface area contributed by atoms with Gasteiger partial charge in [-0.05, 0) is 31.9 Å². The maximum absolute atomic E-state index is 12.1. The number of nitrogens with zero attached hydrogens (tertiary/aromatic N) is 2. The van der Waals surface area contributed by atoms with Gasteiger partial charge in [-0.3, -0.25) is 9.78 Å². The Labute approximate surface area is 105 Å². The summed E-state index contributed by atoms with van der Waals surface area (Å²) in [6.45, 7) is 5.82. The van der Waals surface area contributed by atoms with E-state index < -0.39 is 0 Å². The van der Waals surface area contributed by atoms with Crippen LogP contribution in [0.5, 0.6) is 0 Å². The molecule has 3 nitrogen and oxygen atoms in total. The van der Waals surface area contributed by atoms with Gasteiger partial charge in [0.15, 0.2) is 5.78 Å². The summed E-state index contributed by atoms with van der Waals surface area (Å²) in [7, 11) is 0. The number of pyridine rings is 1. The van der Waals surface area contributed by atoms with E-state index in [0.29, 0.717) is 12.1 Å². The van der Waals surface area contributed by atoms with Crippen LogP contribution >= 0.6 is 11.3 Å². The first-order valence-electron chi connectivity index (χ1n) is 5.43. The fourth-order valence-electron chi connectivity index (χ4n) is 1.71. The van der Waals surface area contributed by atoms with Crippen molar-refractivity contribution in [2.24, 2.45) is 0 Å². The van der Waals surface area contributed by atoms with Crippen molar-refractivity contribution in [1.29, 1.82) is 0 Å². The first-order chi connectivity index (χ1) is 8.06. The Bertz CT molecular complexity index is 560. The molecule has 0 saturated heterocycles. The van der Waals surface area contributed by atoms with Crippen LogP contribution in [0.4, 0.5) is 0 Å². The monoisotopic (exact) mass is 246 g/mol. The lowest BCUT2D eigenvalue weighted by molar-refractivity contribution is 0.0987. The molecule has 0 radical (unpaired) electrons. The van der Waals surface area contributed by atoms with Crippen molar-refractivity contribution in [1.82, 2.24) is 9.97 Å². The lowest BCUT2D eigenvalue weighted by atomic mass is 10.1. The van der Waals surface area contributed by atoms with E-state index in [9.17, 15) is 4.79 Å². The molecule has 0 amide bonds. The molecule has 0 aromatic carbocycles. The van der Waals surface area contributed by atoms with Gasteiger partial charge in [0.25, 0.3) is 0 Å². The van der Waals surface area contributed by atoms with Crippen molar-refractivity contribution in [2.75, 3.05) is 0 Å². The summed E-state index contributed by atoms with van der Waals surface area (Å²) in [4.78, 5) is 20.6. The number of carbonyl (C=O) groups is 1. The predicted molar refractivity (Wildman–Crippen MR) is 68.6 cm³/mol. The van der Waals surface area contributed by atoms with Crippen molar-refractivity contribution in [2.45, 2.75) is 27.2 Å². The molecule has 2 aromatic heterocycles. The third-order valence-corrected chi connectivity index (χ3v) is 3.42. The van der Waals surface area contributed by atoms with E-state index in [1.807, 2.05) is 32.2 Å². The van der Waals surface area contributed by atoms with E-state index in [-0.39, 0.29) is 5.78 Å². The minimum Gasteiger partial charge on any atom is -0.292 e. The average molecular weight is 246 g/mol. The average Bonchev–Trinajstić information content (AvgIpc) is 2.63. The highest BCUT2D eigenvalue weighted by Crippen LogP contribution is 2.14. The number of Topliss-reactive ketones (excluding diaryl/α,β-unsaturated/α-hetero) is 1. The third kappa shape index (κ3) is 2.77. The Kier molecular flexibility index (Phi) is 3.33. The lowest BCUT2D eigenvalue weighted by Crippen LogP contribution is -2.08. The molecular formula is C13H14N2OS. The third-order valence-electron chi connectivity index (χ3n) is 2.46. The van der Waals surface area contributed by atoms with Crippen LogP contribution in [-0.2, 0) is 6.42 Å². The van der Waals surface area contributed by atoms with Crippen LogP contribution in [0.15, 0.2) is 17.6 Å². The minimum absolute atomic E-state index is 0.0388. The SMILES string of the molecule is Cc1cnc(C(=O)Cc2nc(C)cs2)c(C)c1. The lowest BCUT2D eigenvalue weighted by Gasteiger charge is -2.03. The molecule has 0 spiro atoms. The smallest absolute Gasteiger partial charge is 0.188 e. The van der Waals surface area contributed by atoms with Gasteiger partial charge in [0.1, 0.15) is 10.7 Å². The summed E-state index contributed by atoms with van der Waals surface area (Å²) in [5.74, 6) is 0.0388. The van der Waals surface area contributed by atoms with Gasteiger partial charge in [0.2, 0.25) is 0 Å². The highest BCUT2D eigenvalue weighted by molar-refractivity contribution is 7.09. The van der Waals surface area contributed by atoms with Crippen LogP contribution in [-0.4, -0.2) is 15.8 Å². The van der Waals surface area contributed by atoms with Crippen LogP contribution in [0.3, 0.4) is 0 Å². The molecule has 2 aromatic rings. The number of rotatable bonds is 3. The number of ketones is 1. The molecule has 0 saturated carbocycles. The summed E-state index contributed by atoms with van der Waals surface area (Å²) in [5.41, 5.74) is 3.53. The summed E-state index contributed by atoms with van der Waals surface area (Å²) in [6.07, 6.45) is 2.07. The van der Waals surface area contributed by atoms with Crippen LogP contribution in [0, 0.1) is 20.8 Å². The van der Waals surface area contributed by atoms with Crippen LogP contribution in [0.25, 0.3) is 0 Å². The van der Waals surface area contributed by atoms with Gasteiger partial charge in [0.05, 0.1) is 6.42 Å². The molecule has 0 unspecified atom stereocenters. The summed E-state index contributed by atoms with van der Waals surface area (Å²) >= 11 is 1.52. The zero-order valence-electron chi connectivity index (χ0n) is 10.2.